The van der Waals surface area contributed by atoms with Gasteiger partial charge < -0.3 is 0 Å². The Hall–Kier alpha value is -1.08. The van der Waals surface area contributed by atoms with Crippen LogP contribution in [0.5, 0.6) is 0 Å². The van der Waals surface area contributed by atoms with E-state index < -0.39 is 21.8 Å². The van der Waals surface area contributed by atoms with Gasteiger partial charge in [0.2, 0.25) is 10.0 Å². The molecule has 0 fully saturated rings. The lowest BCUT2D eigenvalue weighted by Gasteiger charge is -2.10. The number of nitrogens with one attached hydrogen (secondary N) is 1. The topological polar surface area (TPSA) is 46.2 Å². The van der Waals surface area contributed by atoms with Crippen LogP contribution in [0.25, 0.3) is 0 Å². The van der Waals surface area contributed by atoms with Crippen LogP contribution in [0.3, 0.4) is 0 Å². The summed E-state index contributed by atoms with van der Waals surface area (Å²) in [6, 6.07) is 3.69. The van der Waals surface area contributed by atoms with Crippen molar-refractivity contribution in [1.82, 2.24) is 4.72 Å². The van der Waals surface area contributed by atoms with E-state index in [1.54, 1.807) is 0 Å². The molecule has 7 heteroatoms. The molecule has 0 aliphatic carbocycles. The van der Waals surface area contributed by atoms with Crippen molar-refractivity contribution >= 4 is 10.0 Å². The van der Waals surface area contributed by atoms with Crippen LogP contribution in [0.1, 0.15) is 25.3 Å². The van der Waals surface area contributed by atoms with Crippen LogP contribution in [-0.4, -0.2) is 15.0 Å². The minimum absolute atomic E-state index is 0.217. The molecule has 0 amide bonds. The number of sulfonamides is 1. The lowest BCUT2D eigenvalue weighted by Crippen LogP contribution is -2.25. The first-order valence-corrected chi connectivity index (χ1v) is 6.92. The van der Waals surface area contributed by atoms with E-state index in [2.05, 4.69) is 4.72 Å². The predicted molar refractivity (Wildman–Crippen MR) is 61.5 cm³/mol. The summed E-state index contributed by atoms with van der Waals surface area (Å²) in [5.74, 6) is 0. The molecule has 1 N–H and O–H groups in total. The van der Waals surface area contributed by atoms with E-state index in [0.717, 1.165) is 24.6 Å². The number of alkyl halides is 3. The van der Waals surface area contributed by atoms with Gasteiger partial charge in [-0.1, -0.05) is 19.4 Å². The number of benzene rings is 1. The van der Waals surface area contributed by atoms with Crippen molar-refractivity contribution < 1.29 is 21.6 Å². The first-order chi connectivity index (χ1) is 8.27. The van der Waals surface area contributed by atoms with Gasteiger partial charge in [-0.3, -0.25) is 0 Å². The van der Waals surface area contributed by atoms with Crippen LogP contribution in [0.4, 0.5) is 13.2 Å². The molecule has 1 aromatic rings. The van der Waals surface area contributed by atoms with E-state index in [0.29, 0.717) is 12.5 Å². The van der Waals surface area contributed by atoms with Crippen LogP contribution >= 0.6 is 0 Å². The summed E-state index contributed by atoms with van der Waals surface area (Å²) >= 11 is 0. The molecule has 0 bridgehead atoms. The molecule has 0 aromatic heterocycles. The highest BCUT2D eigenvalue weighted by molar-refractivity contribution is 7.89. The van der Waals surface area contributed by atoms with Gasteiger partial charge in [0.05, 0.1) is 10.5 Å². The maximum Gasteiger partial charge on any atom is 0.416 e. The van der Waals surface area contributed by atoms with E-state index >= 15 is 0 Å². The Balaban J connectivity index is 2.96. The third kappa shape index (κ3) is 3.99. The summed E-state index contributed by atoms with van der Waals surface area (Å²) in [7, 11) is -3.87. The van der Waals surface area contributed by atoms with Crippen molar-refractivity contribution in [3.8, 4) is 0 Å². The summed E-state index contributed by atoms with van der Waals surface area (Å²) in [5, 5.41) is 0. The van der Waals surface area contributed by atoms with Gasteiger partial charge in [0.1, 0.15) is 0 Å². The van der Waals surface area contributed by atoms with Gasteiger partial charge in [-0.2, -0.15) is 13.2 Å². The standard InChI is InChI=1S/C11H14F3NO2S/c1-2-3-7-15-18(16,17)10-6-4-5-9(8-10)11(12,13)14/h4-6,8,15H,2-3,7H2,1H3. The third-order valence-electron chi connectivity index (χ3n) is 2.29. The number of hydrogen-bond donors (Lipinski definition) is 1. The molecule has 102 valence electrons. The highest BCUT2D eigenvalue weighted by Crippen LogP contribution is 2.30. The van der Waals surface area contributed by atoms with Gasteiger partial charge in [-0.15, -0.1) is 0 Å². The molecule has 0 saturated carbocycles. The van der Waals surface area contributed by atoms with Gasteiger partial charge >= 0.3 is 6.18 Å². The summed E-state index contributed by atoms with van der Waals surface area (Å²) in [6.45, 7) is 2.10. The average Bonchev–Trinajstić information content (AvgIpc) is 2.28. The minimum atomic E-state index is -4.55. The Morgan fingerprint density at radius 3 is 2.50 bits per heavy atom. The Labute approximate surface area is 104 Å². The monoisotopic (exact) mass is 281 g/mol. The minimum Gasteiger partial charge on any atom is -0.211 e. The molecule has 18 heavy (non-hydrogen) atoms. The Morgan fingerprint density at radius 1 is 1.28 bits per heavy atom. The van der Waals surface area contributed by atoms with Gasteiger partial charge in [0.25, 0.3) is 0 Å². The zero-order valence-electron chi connectivity index (χ0n) is 9.79. The fraction of sp³-hybridized carbons (Fsp3) is 0.455. The van der Waals surface area contributed by atoms with E-state index in [-0.39, 0.29) is 11.4 Å². The molecular weight excluding hydrogens is 267 g/mol. The van der Waals surface area contributed by atoms with E-state index in [9.17, 15) is 21.6 Å². The molecule has 0 aliphatic rings. The van der Waals surface area contributed by atoms with E-state index in [1.165, 1.54) is 0 Å². The molecule has 1 aromatic carbocycles. The Bertz CT molecular complexity index is 497. The van der Waals surface area contributed by atoms with Crippen molar-refractivity contribution in [3.05, 3.63) is 29.8 Å². The molecule has 0 saturated heterocycles. The van der Waals surface area contributed by atoms with Crippen molar-refractivity contribution in [1.29, 1.82) is 0 Å². The molecule has 0 unspecified atom stereocenters. The molecule has 0 atom stereocenters. The normalized spacial score (nSPS) is 12.7. The molecule has 0 radical (unpaired) electrons. The SMILES string of the molecule is CCCCNS(=O)(=O)c1cccc(C(F)(F)F)c1. The number of unbranched alkanes of at least 4 members (excludes halogenated alkanes) is 1. The summed E-state index contributed by atoms with van der Waals surface area (Å²) in [5.41, 5.74) is -0.971. The van der Waals surface area contributed by atoms with Crippen molar-refractivity contribution in [2.45, 2.75) is 30.8 Å². The molecule has 0 aliphatic heterocycles. The molecular formula is C11H14F3NO2S. The second-order valence-electron chi connectivity index (χ2n) is 3.78. The Morgan fingerprint density at radius 2 is 1.94 bits per heavy atom. The van der Waals surface area contributed by atoms with Crippen LogP contribution in [0, 0.1) is 0 Å². The zero-order valence-corrected chi connectivity index (χ0v) is 10.6. The second-order valence-corrected chi connectivity index (χ2v) is 5.54. The van der Waals surface area contributed by atoms with Crippen molar-refractivity contribution in [2.75, 3.05) is 6.54 Å². The average molecular weight is 281 g/mol. The lowest BCUT2D eigenvalue weighted by molar-refractivity contribution is -0.137. The van der Waals surface area contributed by atoms with Gasteiger partial charge in [0, 0.05) is 6.54 Å². The van der Waals surface area contributed by atoms with E-state index in [4.69, 9.17) is 0 Å². The van der Waals surface area contributed by atoms with Crippen LogP contribution < -0.4 is 4.72 Å². The summed E-state index contributed by atoms with van der Waals surface area (Å²) in [6.07, 6.45) is -3.11. The summed E-state index contributed by atoms with van der Waals surface area (Å²) < 4.78 is 63.0. The molecule has 0 spiro atoms. The number of halogens is 3. The van der Waals surface area contributed by atoms with Gasteiger partial charge in [-0.25, -0.2) is 13.1 Å². The van der Waals surface area contributed by atoms with Crippen LogP contribution in [-0.2, 0) is 16.2 Å². The highest BCUT2D eigenvalue weighted by Gasteiger charge is 2.31. The predicted octanol–water partition coefficient (Wildman–Crippen LogP) is 2.78. The molecule has 3 nitrogen and oxygen atoms in total. The molecule has 1 rings (SSSR count). The van der Waals surface area contributed by atoms with Crippen LogP contribution in [0.15, 0.2) is 29.2 Å². The highest BCUT2D eigenvalue weighted by atomic mass is 32.2. The fourth-order valence-electron chi connectivity index (χ4n) is 1.31. The second kappa shape index (κ2) is 5.71. The van der Waals surface area contributed by atoms with E-state index in [1.807, 2.05) is 6.92 Å². The first-order valence-electron chi connectivity index (χ1n) is 5.44. The van der Waals surface area contributed by atoms with Gasteiger partial charge in [0.15, 0.2) is 0 Å². The summed E-state index contributed by atoms with van der Waals surface area (Å²) in [4.78, 5) is -0.367. The Kier molecular flexibility index (Phi) is 4.75. The van der Waals surface area contributed by atoms with Crippen molar-refractivity contribution in [2.24, 2.45) is 0 Å². The quantitative estimate of drug-likeness (QED) is 0.844. The fourth-order valence-corrected chi connectivity index (χ4v) is 2.43. The van der Waals surface area contributed by atoms with Crippen molar-refractivity contribution in [3.63, 3.8) is 0 Å². The maximum absolute atomic E-state index is 12.4. The maximum atomic E-state index is 12.4. The smallest absolute Gasteiger partial charge is 0.211 e. The lowest BCUT2D eigenvalue weighted by atomic mass is 10.2. The van der Waals surface area contributed by atoms with Crippen LogP contribution in [0.2, 0.25) is 0 Å². The molecule has 0 heterocycles. The largest absolute Gasteiger partial charge is 0.416 e. The third-order valence-corrected chi connectivity index (χ3v) is 3.75. The first kappa shape index (κ1) is 15.0. The zero-order chi connectivity index (χ0) is 13.8. The van der Waals surface area contributed by atoms with Gasteiger partial charge in [-0.05, 0) is 24.6 Å². The number of rotatable bonds is 5. The number of hydrogen-bond acceptors (Lipinski definition) is 2.